The molecule has 0 bridgehead atoms. The molecule has 0 atom stereocenters. The molecule has 1 saturated heterocycles. The van der Waals surface area contributed by atoms with Crippen LogP contribution in [0.3, 0.4) is 0 Å². The summed E-state index contributed by atoms with van der Waals surface area (Å²) < 4.78 is 18.6. The third-order valence-electron chi connectivity index (χ3n) is 3.70. The Kier molecular flexibility index (Phi) is 4.29. The number of piperidine rings is 1. The molecule has 0 radical (unpaired) electrons. The van der Waals surface area contributed by atoms with E-state index >= 15 is 0 Å². The maximum absolute atomic E-state index is 13.7. The van der Waals surface area contributed by atoms with E-state index in [-0.39, 0.29) is 22.8 Å². The lowest BCUT2D eigenvalue weighted by Crippen LogP contribution is -2.42. The highest BCUT2D eigenvalue weighted by molar-refractivity contribution is 6.30. The molecule has 1 fully saturated rings. The van der Waals surface area contributed by atoms with E-state index < -0.39 is 5.82 Å². The molecule has 7 heteroatoms. The molecule has 1 aliphatic heterocycles. The average molecular weight is 324 g/mol. The second-order valence-electron chi connectivity index (χ2n) is 5.21. The first-order valence-corrected chi connectivity index (χ1v) is 7.40. The molecule has 0 spiro atoms. The molecule has 2 aromatic heterocycles. The van der Waals surface area contributed by atoms with Crippen molar-refractivity contribution < 1.29 is 13.6 Å². The van der Waals surface area contributed by atoms with Gasteiger partial charge in [-0.1, -0.05) is 11.6 Å². The molecule has 0 aromatic carbocycles. The first-order chi connectivity index (χ1) is 10.6. The quantitative estimate of drug-likeness (QED) is 0.942. The van der Waals surface area contributed by atoms with Gasteiger partial charge in [0, 0.05) is 25.3 Å². The minimum Gasteiger partial charge on any atom is -0.472 e. The first-order valence-electron chi connectivity index (χ1n) is 7.02. The normalized spacial score (nSPS) is 15.8. The Hall–Kier alpha value is -2.08. The number of carbonyl (C=O) groups is 1. The lowest BCUT2D eigenvalue weighted by molar-refractivity contribution is 0.0717. The van der Waals surface area contributed by atoms with Crippen LogP contribution in [0.1, 0.15) is 23.2 Å². The molecule has 1 amide bonds. The van der Waals surface area contributed by atoms with Crippen molar-refractivity contribution >= 4 is 23.3 Å². The van der Waals surface area contributed by atoms with Gasteiger partial charge in [0.2, 0.25) is 0 Å². The van der Waals surface area contributed by atoms with E-state index in [1.807, 2.05) is 0 Å². The predicted molar refractivity (Wildman–Crippen MR) is 80.5 cm³/mol. The zero-order valence-electron chi connectivity index (χ0n) is 11.8. The second-order valence-corrected chi connectivity index (χ2v) is 5.64. The van der Waals surface area contributed by atoms with Crippen LogP contribution < -0.4 is 5.32 Å². The predicted octanol–water partition coefficient (Wildman–Crippen LogP) is 3.18. The number of furan rings is 1. The summed E-state index contributed by atoms with van der Waals surface area (Å²) in [6.45, 7) is 1.22. The molecule has 0 saturated carbocycles. The van der Waals surface area contributed by atoms with Crippen molar-refractivity contribution in [2.75, 3.05) is 18.4 Å². The molecule has 22 heavy (non-hydrogen) atoms. The Bertz CT molecular complexity index is 655. The van der Waals surface area contributed by atoms with Crippen LogP contribution in [0.2, 0.25) is 5.02 Å². The maximum Gasteiger partial charge on any atom is 0.257 e. The van der Waals surface area contributed by atoms with Gasteiger partial charge >= 0.3 is 0 Å². The lowest BCUT2D eigenvalue weighted by atomic mass is 10.0. The van der Waals surface area contributed by atoms with E-state index in [4.69, 9.17) is 16.0 Å². The Balaban J connectivity index is 1.56. The molecule has 0 unspecified atom stereocenters. The first kappa shape index (κ1) is 14.8. The SMILES string of the molecule is O=C(c1ccoc1)N1CCC(Nc2ncc(Cl)cc2F)CC1. The summed E-state index contributed by atoms with van der Waals surface area (Å²) in [6.07, 6.45) is 5.79. The van der Waals surface area contributed by atoms with Crippen molar-refractivity contribution in [1.82, 2.24) is 9.88 Å². The van der Waals surface area contributed by atoms with E-state index in [9.17, 15) is 9.18 Å². The van der Waals surface area contributed by atoms with Gasteiger partial charge in [-0.2, -0.15) is 0 Å². The highest BCUT2D eigenvalue weighted by atomic mass is 35.5. The van der Waals surface area contributed by atoms with Crippen LogP contribution >= 0.6 is 11.6 Å². The number of carbonyl (C=O) groups excluding carboxylic acids is 1. The van der Waals surface area contributed by atoms with Crippen molar-refractivity contribution in [3.05, 3.63) is 47.3 Å². The summed E-state index contributed by atoms with van der Waals surface area (Å²) in [5.41, 5.74) is 0.553. The summed E-state index contributed by atoms with van der Waals surface area (Å²) in [6, 6.07) is 2.96. The summed E-state index contributed by atoms with van der Waals surface area (Å²) in [5, 5.41) is 3.34. The van der Waals surface area contributed by atoms with Crippen molar-refractivity contribution in [3.63, 3.8) is 0 Å². The number of pyridine rings is 1. The monoisotopic (exact) mass is 323 g/mol. The fourth-order valence-electron chi connectivity index (χ4n) is 2.51. The largest absolute Gasteiger partial charge is 0.472 e. The van der Waals surface area contributed by atoms with Crippen LogP contribution in [0.4, 0.5) is 10.2 Å². The van der Waals surface area contributed by atoms with Gasteiger partial charge in [-0.15, -0.1) is 0 Å². The van der Waals surface area contributed by atoms with Crippen LogP contribution in [0.25, 0.3) is 0 Å². The zero-order valence-corrected chi connectivity index (χ0v) is 12.5. The van der Waals surface area contributed by atoms with Gasteiger partial charge in [-0.25, -0.2) is 9.37 Å². The number of rotatable bonds is 3. The maximum atomic E-state index is 13.7. The number of nitrogens with zero attached hydrogens (tertiary/aromatic N) is 2. The number of aromatic nitrogens is 1. The Morgan fingerprint density at radius 1 is 1.45 bits per heavy atom. The van der Waals surface area contributed by atoms with Crippen LogP contribution in [-0.2, 0) is 0 Å². The molecular formula is C15H15ClFN3O2. The van der Waals surface area contributed by atoms with Crippen LogP contribution in [0, 0.1) is 5.82 Å². The van der Waals surface area contributed by atoms with Gasteiger partial charge in [0.1, 0.15) is 6.26 Å². The molecule has 1 aliphatic rings. The number of nitrogens with one attached hydrogen (secondary N) is 1. The zero-order chi connectivity index (χ0) is 15.5. The Morgan fingerprint density at radius 3 is 2.86 bits per heavy atom. The Labute approximate surface area is 132 Å². The third kappa shape index (κ3) is 3.22. The second kappa shape index (κ2) is 6.36. The molecule has 3 rings (SSSR count). The number of amides is 1. The molecule has 5 nitrogen and oxygen atoms in total. The van der Waals surface area contributed by atoms with E-state index in [1.54, 1.807) is 11.0 Å². The fourth-order valence-corrected chi connectivity index (χ4v) is 2.65. The number of halogens is 2. The van der Waals surface area contributed by atoms with Gasteiger partial charge in [0.25, 0.3) is 5.91 Å². The van der Waals surface area contributed by atoms with Gasteiger partial charge < -0.3 is 14.6 Å². The summed E-state index contributed by atoms with van der Waals surface area (Å²) in [5.74, 6) is -0.309. The number of hydrogen-bond donors (Lipinski definition) is 1. The smallest absolute Gasteiger partial charge is 0.257 e. The highest BCUT2D eigenvalue weighted by Gasteiger charge is 2.24. The minimum absolute atomic E-state index is 0.0389. The van der Waals surface area contributed by atoms with E-state index in [0.717, 1.165) is 12.8 Å². The minimum atomic E-state index is -0.468. The third-order valence-corrected chi connectivity index (χ3v) is 3.91. The van der Waals surface area contributed by atoms with Crippen LogP contribution in [0.15, 0.2) is 35.3 Å². The number of anilines is 1. The van der Waals surface area contributed by atoms with Crippen molar-refractivity contribution in [3.8, 4) is 0 Å². The molecule has 0 aliphatic carbocycles. The molecule has 1 N–H and O–H groups in total. The molecule has 3 heterocycles. The van der Waals surface area contributed by atoms with Crippen LogP contribution in [-0.4, -0.2) is 34.9 Å². The van der Waals surface area contributed by atoms with Crippen molar-refractivity contribution in [1.29, 1.82) is 0 Å². The molecule has 116 valence electrons. The highest BCUT2D eigenvalue weighted by Crippen LogP contribution is 2.20. The van der Waals surface area contributed by atoms with E-state index in [1.165, 1.54) is 24.8 Å². The van der Waals surface area contributed by atoms with Gasteiger partial charge in [-0.05, 0) is 25.0 Å². The molecule has 2 aromatic rings. The van der Waals surface area contributed by atoms with E-state index in [2.05, 4.69) is 10.3 Å². The van der Waals surface area contributed by atoms with E-state index in [0.29, 0.717) is 18.7 Å². The van der Waals surface area contributed by atoms with Crippen LogP contribution in [0.5, 0.6) is 0 Å². The Morgan fingerprint density at radius 2 is 2.23 bits per heavy atom. The fraction of sp³-hybridized carbons (Fsp3) is 0.333. The number of likely N-dealkylation sites (tertiary alicyclic amines) is 1. The van der Waals surface area contributed by atoms with Gasteiger partial charge in [0.15, 0.2) is 11.6 Å². The lowest BCUT2D eigenvalue weighted by Gasteiger charge is -2.32. The molecular weight excluding hydrogens is 309 g/mol. The summed E-state index contributed by atoms with van der Waals surface area (Å²) >= 11 is 5.68. The topological polar surface area (TPSA) is 58.4 Å². The van der Waals surface area contributed by atoms with Crippen molar-refractivity contribution in [2.24, 2.45) is 0 Å². The van der Waals surface area contributed by atoms with Gasteiger partial charge in [-0.3, -0.25) is 4.79 Å². The van der Waals surface area contributed by atoms with Gasteiger partial charge in [0.05, 0.1) is 16.8 Å². The summed E-state index contributed by atoms with van der Waals surface area (Å²) in [7, 11) is 0. The standard InChI is InChI=1S/C15H15ClFN3O2/c16-11-7-13(17)14(18-8-11)19-12-1-4-20(5-2-12)15(21)10-3-6-22-9-10/h3,6-9,12H,1-2,4-5H2,(H,18,19). The summed E-state index contributed by atoms with van der Waals surface area (Å²) in [4.78, 5) is 17.9. The average Bonchev–Trinajstić information content (AvgIpc) is 3.04. The van der Waals surface area contributed by atoms with Crippen molar-refractivity contribution in [2.45, 2.75) is 18.9 Å². The number of hydrogen-bond acceptors (Lipinski definition) is 4.